The number of aliphatic hydroxyl groups excluding tert-OH is 1. The molecule has 0 heterocycles. The second-order valence-corrected chi connectivity index (χ2v) is 3.94. The van der Waals surface area contributed by atoms with Gasteiger partial charge in [-0.3, -0.25) is 0 Å². The molecule has 78 valence electrons. The smallest absolute Gasteiger partial charge is 0.0991 e. The van der Waals surface area contributed by atoms with Gasteiger partial charge in [-0.2, -0.15) is 5.26 Å². The predicted molar refractivity (Wildman–Crippen MR) is 58.4 cm³/mol. The van der Waals surface area contributed by atoms with Crippen molar-refractivity contribution < 1.29 is 5.11 Å². The molecule has 0 amide bonds. The molecule has 0 unspecified atom stereocenters. The molecule has 1 fully saturated rings. The second-order valence-electron chi connectivity index (χ2n) is 3.94. The van der Waals surface area contributed by atoms with Gasteiger partial charge in [-0.1, -0.05) is 0 Å². The first-order valence-electron chi connectivity index (χ1n) is 5.24. The summed E-state index contributed by atoms with van der Waals surface area (Å²) in [6, 6.07) is 9.56. The molecule has 3 nitrogen and oxygen atoms in total. The van der Waals surface area contributed by atoms with Crippen LogP contribution in [-0.2, 0) is 0 Å². The maximum atomic E-state index is 9.64. The van der Waals surface area contributed by atoms with E-state index in [1.165, 1.54) is 0 Å². The second kappa shape index (κ2) is 4.33. The fraction of sp³-hybridized carbons (Fsp3) is 0.417. The summed E-state index contributed by atoms with van der Waals surface area (Å²) in [6.07, 6.45) is 2.74. The largest absolute Gasteiger partial charge is 0.391 e. The van der Waals surface area contributed by atoms with Crippen LogP contribution in [0.3, 0.4) is 0 Å². The number of hydrogen-bond donors (Lipinski definition) is 2. The van der Waals surface area contributed by atoms with E-state index in [-0.39, 0.29) is 12.1 Å². The molecule has 1 aromatic carbocycles. The van der Waals surface area contributed by atoms with Gasteiger partial charge >= 0.3 is 0 Å². The van der Waals surface area contributed by atoms with E-state index in [0.717, 1.165) is 24.9 Å². The molecule has 2 atom stereocenters. The first kappa shape index (κ1) is 10.0. The van der Waals surface area contributed by atoms with Gasteiger partial charge in [-0.05, 0) is 43.5 Å². The number of nitrogens with zero attached hydrogens (tertiary/aromatic N) is 1. The highest BCUT2D eigenvalue weighted by molar-refractivity contribution is 5.48. The van der Waals surface area contributed by atoms with Crippen molar-refractivity contribution in [3.8, 4) is 6.07 Å². The van der Waals surface area contributed by atoms with Crippen molar-refractivity contribution in [3.05, 3.63) is 29.8 Å². The number of rotatable bonds is 2. The third kappa shape index (κ3) is 2.28. The summed E-state index contributed by atoms with van der Waals surface area (Å²) in [4.78, 5) is 0. The van der Waals surface area contributed by atoms with Crippen LogP contribution >= 0.6 is 0 Å². The number of nitrogens with one attached hydrogen (secondary N) is 1. The molecule has 15 heavy (non-hydrogen) atoms. The van der Waals surface area contributed by atoms with Crippen molar-refractivity contribution in [2.45, 2.75) is 31.4 Å². The van der Waals surface area contributed by atoms with Crippen molar-refractivity contribution in [1.82, 2.24) is 0 Å². The van der Waals surface area contributed by atoms with Gasteiger partial charge in [0.05, 0.1) is 23.8 Å². The molecule has 3 heteroatoms. The van der Waals surface area contributed by atoms with Gasteiger partial charge in [0.1, 0.15) is 0 Å². The predicted octanol–water partition coefficient (Wildman–Crippen LogP) is 1.88. The number of nitriles is 1. The highest BCUT2D eigenvalue weighted by atomic mass is 16.3. The Hall–Kier alpha value is -1.53. The van der Waals surface area contributed by atoms with Gasteiger partial charge in [-0.25, -0.2) is 0 Å². The molecular weight excluding hydrogens is 188 g/mol. The van der Waals surface area contributed by atoms with E-state index in [9.17, 15) is 5.11 Å². The van der Waals surface area contributed by atoms with Crippen LogP contribution in [0.15, 0.2) is 24.3 Å². The van der Waals surface area contributed by atoms with Crippen LogP contribution in [0.25, 0.3) is 0 Å². The Kier molecular flexibility index (Phi) is 2.89. The summed E-state index contributed by atoms with van der Waals surface area (Å²) in [5, 5.41) is 21.6. The Morgan fingerprint density at radius 1 is 1.27 bits per heavy atom. The molecule has 1 aliphatic rings. The topological polar surface area (TPSA) is 56.0 Å². The van der Waals surface area contributed by atoms with Gasteiger partial charge in [-0.15, -0.1) is 0 Å². The van der Waals surface area contributed by atoms with Crippen molar-refractivity contribution >= 4 is 5.69 Å². The Balaban J connectivity index is 2.02. The molecule has 2 rings (SSSR count). The molecule has 0 aromatic heterocycles. The Morgan fingerprint density at radius 3 is 2.53 bits per heavy atom. The summed E-state index contributed by atoms with van der Waals surface area (Å²) in [5.74, 6) is 0. The van der Waals surface area contributed by atoms with Crippen LogP contribution in [0, 0.1) is 11.3 Å². The average molecular weight is 202 g/mol. The Bertz CT molecular complexity index is 366. The van der Waals surface area contributed by atoms with E-state index < -0.39 is 0 Å². The molecule has 1 saturated carbocycles. The zero-order valence-corrected chi connectivity index (χ0v) is 8.48. The first-order chi connectivity index (χ1) is 7.29. The summed E-state index contributed by atoms with van der Waals surface area (Å²) < 4.78 is 0. The van der Waals surface area contributed by atoms with E-state index in [4.69, 9.17) is 5.26 Å². The molecule has 0 bridgehead atoms. The average Bonchev–Trinajstić information content (AvgIpc) is 2.66. The Labute approximate surface area is 89.4 Å². The maximum absolute atomic E-state index is 9.64. The lowest BCUT2D eigenvalue weighted by molar-refractivity contribution is 0.172. The molecule has 0 spiro atoms. The van der Waals surface area contributed by atoms with Crippen LogP contribution in [0.1, 0.15) is 24.8 Å². The van der Waals surface area contributed by atoms with E-state index in [0.29, 0.717) is 5.56 Å². The van der Waals surface area contributed by atoms with Crippen molar-refractivity contribution in [1.29, 1.82) is 5.26 Å². The van der Waals surface area contributed by atoms with Gasteiger partial charge in [0.25, 0.3) is 0 Å². The van der Waals surface area contributed by atoms with Crippen molar-refractivity contribution in [2.24, 2.45) is 0 Å². The standard InChI is InChI=1S/C12H14N2O/c13-8-9-4-6-10(7-5-9)14-11-2-1-3-12(11)15/h4-7,11-12,14-15H,1-3H2/t11-,12-/m0/s1. The zero-order chi connectivity index (χ0) is 10.7. The molecule has 1 aliphatic carbocycles. The number of anilines is 1. The van der Waals surface area contributed by atoms with Crippen LogP contribution in [0.5, 0.6) is 0 Å². The molecular formula is C12H14N2O. The first-order valence-corrected chi connectivity index (χ1v) is 5.24. The number of aliphatic hydroxyl groups is 1. The SMILES string of the molecule is N#Cc1ccc(N[C@H]2CCC[C@@H]2O)cc1. The molecule has 0 radical (unpaired) electrons. The van der Waals surface area contributed by atoms with Crippen LogP contribution in [-0.4, -0.2) is 17.3 Å². The van der Waals surface area contributed by atoms with Gasteiger partial charge in [0, 0.05) is 5.69 Å². The minimum atomic E-state index is -0.236. The van der Waals surface area contributed by atoms with Crippen LogP contribution < -0.4 is 5.32 Å². The molecule has 0 aliphatic heterocycles. The summed E-state index contributed by atoms with van der Waals surface area (Å²) >= 11 is 0. The van der Waals surface area contributed by atoms with Gasteiger partial charge < -0.3 is 10.4 Å². The lowest BCUT2D eigenvalue weighted by atomic mass is 10.1. The Morgan fingerprint density at radius 2 is 2.00 bits per heavy atom. The molecule has 1 aromatic rings. The third-order valence-electron chi connectivity index (χ3n) is 2.85. The third-order valence-corrected chi connectivity index (χ3v) is 2.85. The van der Waals surface area contributed by atoms with Crippen molar-refractivity contribution in [2.75, 3.05) is 5.32 Å². The normalized spacial score (nSPS) is 24.8. The van der Waals surface area contributed by atoms with Gasteiger partial charge in [0.15, 0.2) is 0 Å². The van der Waals surface area contributed by atoms with E-state index >= 15 is 0 Å². The van der Waals surface area contributed by atoms with E-state index in [1.54, 1.807) is 12.1 Å². The van der Waals surface area contributed by atoms with E-state index in [2.05, 4.69) is 11.4 Å². The highest BCUT2D eigenvalue weighted by Gasteiger charge is 2.24. The fourth-order valence-electron chi connectivity index (χ4n) is 1.96. The molecule has 2 N–H and O–H groups in total. The number of hydrogen-bond acceptors (Lipinski definition) is 3. The van der Waals surface area contributed by atoms with Gasteiger partial charge in [0.2, 0.25) is 0 Å². The van der Waals surface area contributed by atoms with Crippen molar-refractivity contribution in [3.63, 3.8) is 0 Å². The quantitative estimate of drug-likeness (QED) is 0.770. The highest BCUT2D eigenvalue weighted by Crippen LogP contribution is 2.22. The van der Waals surface area contributed by atoms with Crippen LogP contribution in [0.4, 0.5) is 5.69 Å². The summed E-state index contributed by atoms with van der Waals surface area (Å²) in [7, 11) is 0. The summed E-state index contributed by atoms with van der Waals surface area (Å²) in [5.41, 5.74) is 1.63. The van der Waals surface area contributed by atoms with Crippen LogP contribution in [0.2, 0.25) is 0 Å². The lowest BCUT2D eigenvalue weighted by Crippen LogP contribution is -2.27. The van der Waals surface area contributed by atoms with E-state index in [1.807, 2.05) is 12.1 Å². The zero-order valence-electron chi connectivity index (χ0n) is 8.48. The lowest BCUT2D eigenvalue weighted by Gasteiger charge is -2.17. The number of benzene rings is 1. The summed E-state index contributed by atoms with van der Waals surface area (Å²) in [6.45, 7) is 0. The maximum Gasteiger partial charge on any atom is 0.0991 e. The monoisotopic (exact) mass is 202 g/mol. The molecule has 0 saturated heterocycles. The minimum Gasteiger partial charge on any atom is -0.391 e. The fourth-order valence-corrected chi connectivity index (χ4v) is 1.96. The minimum absolute atomic E-state index is 0.165.